The molecule has 0 saturated heterocycles. The number of anilines is 1. The molecule has 5 rings (SSSR count). The largest absolute Gasteiger partial charge is 0.253 e. The summed E-state index contributed by atoms with van der Waals surface area (Å²) in [6, 6.07) is 22.1. The number of hydrazone groups is 1. The lowest BCUT2D eigenvalue weighted by Crippen LogP contribution is -2.00. The number of hydrogen-bond acceptors (Lipinski definition) is 6. The second kappa shape index (κ2) is 7.67. The molecule has 30 heavy (non-hydrogen) atoms. The molecule has 0 spiro atoms. The Morgan fingerprint density at radius 3 is 2.47 bits per heavy atom. The van der Waals surface area contributed by atoms with Crippen molar-refractivity contribution in [1.29, 1.82) is 0 Å². The van der Waals surface area contributed by atoms with Crippen LogP contribution >= 0.6 is 0 Å². The van der Waals surface area contributed by atoms with Crippen LogP contribution in [0.2, 0.25) is 0 Å². The van der Waals surface area contributed by atoms with Gasteiger partial charge in [0.05, 0.1) is 28.5 Å². The summed E-state index contributed by atoms with van der Waals surface area (Å²) in [6.07, 6.45) is 5.08. The molecule has 0 aliphatic rings. The first-order valence-corrected chi connectivity index (χ1v) is 9.60. The van der Waals surface area contributed by atoms with Gasteiger partial charge in [-0.25, -0.2) is 15.4 Å². The van der Waals surface area contributed by atoms with Gasteiger partial charge < -0.3 is 0 Å². The summed E-state index contributed by atoms with van der Waals surface area (Å²) in [5.41, 5.74) is 9.51. The highest BCUT2D eigenvalue weighted by molar-refractivity contribution is 5.93. The summed E-state index contributed by atoms with van der Waals surface area (Å²) in [6.45, 7) is 2.07. The molecule has 5 aromatic rings. The molecule has 0 saturated carbocycles. The zero-order chi connectivity index (χ0) is 20.3. The summed E-state index contributed by atoms with van der Waals surface area (Å²) in [7, 11) is 0. The number of rotatable bonds is 4. The molecular formula is C24H18N6. The highest BCUT2D eigenvalue weighted by Gasteiger charge is 2.10. The number of hydrogen-bond donors (Lipinski definition) is 1. The van der Waals surface area contributed by atoms with Crippen LogP contribution in [0.5, 0.6) is 0 Å². The predicted molar refractivity (Wildman–Crippen MR) is 120 cm³/mol. The first-order valence-electron chi connectivity index (χ1n) is 9.60. The normalized spacial score (nSPS) is 11.4. The first-order chi connectivity index (χ1) is 14.8. The minimum atomic E-state index is 0.446. The van der Waals surface area contributed by atoms with E-state index >= 15 is 0 Å². The van der Waals surface area contributed by atoms with Gasteiger partial charge in [0.25, 0.3) is 0 Å². The number of fused-ring (bicyclic) bond motifs is 2. The van der Waals surface area contributed by atoms with Crippen LogP contribution < -0.4 is 5.43 Å². The lowest BCUT2D eigenvalue weighted by atomic mass is 10.0. The van der Waals surface area contributed by atoms with Gasteiger partial charge in [0.1, 0.15) is 0 Å². The van der Waals surface area contributed by atoms with E-state index < -0.39 is 0 Å². The van der Waals surface area contributed by atoms with Crippen LogP contribution in [0.4, 0.5) is 5.95 Å². The summed E-state index contributed by atoms with van der Waals surface area (Å²) in [5.74, 6) is 0.446. The Morgan fingerprint density at radius 1 is 0.800 bits per heavy atom. The fourth-order valence-corrected chi connectivity index (χ4v) is 3.33. The molecule has 0 unspecified atom stereocenters. The SMILES string of the molecule is Cc1ccc2nc(NN=Cc3ccc4nccnc4c3)nc(-c3ccccc3)c2c1. The van der Waals surface area contributed by atoms with Gasteiger partial charge in [-0.3, -0.25) is 9.97 Å². The fourth-order valence-electron chi connectivity index (χ4n) is 3.33. The highest BCUT2D eigenvalue weighted by Crippen LogP contribution is 2.28. The Bertz CT molecular complexity index is 1380. The first kappa shape index (κ1) is 17.9. The third-order valence-electron chi connectivity index (χ3n) is 4.77. The smallest absolute Gasteiger partial charge is 0.244 e. The molecule has 1 N–H and O–H groups in total. The quantitative estimate of drug-likeness (QED) is 0.345. The molecule has 6 heteroatoms. The van der Waals surface area contributed by atoms with Crippen molar-refractivity contribution in [2.24, 2.45) is 5.10 Å². The van der Waals surface area contributed by atoms with E-state index in [0.29, 0.717) is 5.95 Å². The van der Waals surface area contributed by atoms with Gasteiger partial charge in [0.15, 0.2) is 0 Å². The van der Waals surface area contributed by atoms with E-state index in [9.17, 15) is 0 Å². The van der Waals surface area contributed by atoms with Crippen LogP contribution in [-0.2, 0) is 0 Å². The van der Waals surface area contributed by atoms with Crippen LogP contribution in [-0.4, -0.2) is 26.2 Å². The van der Waals surface area contributed by atoms with Crippen molar-refractivity contribution >= 4 is 34.1 Å². The maximum atomic E-state index is 4.74. The Balaban J connectivity index is 1.49. The third kappa shape index (κ3) is 3.58. The van der Waals surface area contributed by atoms with Gasteiger partial charge >= 0.3 is 0 Å². The lowest BCUT2D eigenvalue weighted by molar-refractivity contribution is 1.15. The maximum absolute atomic E-state index is 4.74. The summed E-state index contributed by atoms with van der Waals surface area (Å²) >= 11 is 0. The predicted octanol–water partition coefficient (Wildman–Crippen LogP) is 4.99. The van der Waals surface area contributed by atoms with E-state index in [1.165, 1.54) is 5.56 Å². The highest BCUT2D eigenvalue weighted by atomic mass is 15.3. The molecule has 0 amide bonds. The molecule has 0 aliphatic heterocycles. The molecule has 0 bridgehead atoms. The zero-order valence-electron chi connectivity index (χ0n) is 16.3. The number of aryl methyl sites for hydroxylation is 1. The molecule has 0 atom stereocenters. The van der Waals surface area contributed by atoms with Gasteiger partial charge in [-0.1, -0.05) is 48.0 Å². The minimum Gasteiger partial charge on any atom is -0.253 e. The van der Waals surface area contributed by atoms with Gasteiger partial charge in [0.2, 0.25) is 5.95 Å². The third-order valence-corrected chi connectivity index (χ3v) is 4.77. The van der Waals surface area contributed by atoms with Gasteiger partial charge in [-0.05, 0) is 36.8 Å². The van der Waals surface area contributed by atoms with Crippen molar-refractivity contribution in [3.8, 4) is 11.3 Å². The van der Waals surface area contributed by atoms with E-state index in [2.05, 4.69) is 38.5 Å². The van der Waals surface area contributed by atoms with E-state index in [1.807, 2.05) is 60.7 Å². The molecular weight excluding hydrogens is 372 g/mol. The standard InChI is InChI=1S/C24H18N6/c1-16-7-9-20-19(13-16)23(18-5-3-2-4-6-18)29-24(28-20)30-27-15-17-8-10-21-22(14-17)26-12-11-25-21/h2-15H,1H3,(H,28,29,30). The summed E-state index contributed by atoms with van der Waals surface area (Å²) in [4.78, 5) is 18.0. The molecule has 0 aliphatic carbocycles. The van der Waals surface area contributed by atoms with Crippen molar-refractivity contribution in [1.82, 2.24) is 19.9 Å². The minimum absolute atomic E-state index is 0.446. The average Bonchev–Trinajstić information content (AvgIpc) is 2.79. The van der Waals surface area contributed by atoms with E-state index in [-0.39, 0.29) is 0 Å². The van der Waals surface area contributed by atoms with Crippen LogP contribution in [0, 0.1) is 6.92 Å². The number of benzene rings is 3. The van der Waals surface area contributed by atoms with E-state index in [1.54, 1.807) is 18.6 Å². The monoisotopic (exact) mass is 390 g/mol. The van der Waals surface area contributed by atoms with Gasteiger partial charge in [0, 0.05) is 23.3 Å². The molecule has 6 nitrogen and oxygen atoms in total. The van der Waals surface area contributed by atoms with Crippen LogP contribution in [0.3, 0.4) is 0 Å². The second-order valence-corrected chi connectivity index (χ2v) is 6.96. The van der Waals surface area contributed by atoms with Crippen LogP contribution in [0.25, 0.3) is 33.2 Å². The molecule has 144 valence electrons. The van der Waals surface area contributed by atoms with Gasteiger partial charge in [-0.2, -0.15) is 5.10 Å². The molecule has 0 radical (unpaired) electrons. The van der Waals surface area contributed by atoms with E-state index in [4.69, 9.17) is 4.98 Å². The Hall–Kier alpha value is -4.19. The summed E-state index contributed by atoms with van der Waals surface area (Å²) in [5, 5.41) is 5.35. The molecule has 2 aromatic heterocycles. The molecule has 2 heterocycles. The number of nitrogens with one attached hydrogen (secondary N) is 1. The Kier molecular flexibility index (Phi) is 4.57. The van der Waals surface area contributed by atoms with Gasteiger partial charge in [-0.15, -0.1) is 0 Å². The van der Waals surface area contributed by atoms with Crippen molar-refractivity contribution in [3.05, 3.63) is 90.3 Å². The summed E-state index contributed by atoms with van der Waals surface area (Å²) < 4.78 is 0. The van der Waals surface area contributed by atoms with E-state index in [0.717, 1.165) is 38.8 Å². The van der Waals surface area contributed by atoms with Crippen molar-refractivity contribution in [2.75, 3.05) is 5.43 Å². The second-order valence-electron chi connectivity index (χ2n) is 6.96. The zero-order valence-corrected chi connectivity index (χ0v) is 16.3. The van der Waals surface area contributed by atoms with Crippen molar-refractivity contribution in [2.45, 2.75) is 6.92 Å². The van der Waals surface area contributed by atoms with Crippen LogP contribution in [0.1, 0.15) is 11.1 Å². The number of aromatic nitrogens is 4. The topological polar surface area (TPSA) is 76.0 Å². The Labute approximate surface area is 173 Å². The van der Waals surface area contributed by atoms with Crippen LogP contribution in [0.15, 0.2) is 84.2 Å². The average molecular weight is 390 g/mol. The number of nitrogens with zero attached hydrogens (tertiary/aromatic N) is 5. The fraction of sp³-hybridized carbons (Fsp3) is 0.0417. The molecule has 0 fully saturated rings. The van der Waals surface area contributed by atoms with Crippen molar-refractivity contribution < 1.29 is 0 Å². The molecule has 3 aromatic carbocycles. The Morgan fingerprint density at radius 2 is 1.60 bits per heavy atom. The maximum Gasteiger partial charge on any atom is 0.244 e. The van der Waals surface area contributed by atoms with Crippen molar-refractivity contribution in [3.63, 3.8) is 0 Å². The lowest BCUT2D eigenvalue weighted by Gasteiger charge is -2.09.